The molecule has 2 aromatic rings. The first-order valence-electron chi connectivity index (χ1n) is 8.32. The van der Waals surface area contributed by atoms with Crippen LogP contribution in [0.4, 0.5) is 4.79 Å². The first-order chi connectivity index (χ1) is 12.6. The molecule has 1 fully saturated rings. The first-order valence-corrected chi connectivity index (χ1v) is 9.93. The molecule has 3 amide bonds. The first kappa shape index (κ1) is 18.7. The van der Waals surface area contributed by atoms with Gasteiger partial charge in [0.25, 0.3) is 5.91 Å². The van der Waals surface area contributed by atoms with Crippen LogP contribution in [0.5, 0.6) is 5.88 Å². The van der Waals surface area contributed by atoms with E-state index in [0.29, 0.717) is 10.8 Å². The average molecular weight is 439 g/mol. The van der Waals surface area contributed by atoms with Gasteiger partial charge in [0.15, 0.2) is 0 Å². The standard InChI is InChI=1S/C17H19BrN4O3S/c18-14-8-7-13(26-14)15(23)21-22-17(24)20-10-11-4-3-9-19-16(11)25-12-5-1-2-6-12/h3-4,7-9,12H,1-2,5-6,10H2,(H,21,23)(H2,20,22,24). The number of carbonyl (C=O) groups is 2. The summed E-state index contributed by atoms with van der Waals surface area (Å²) >= 11 is 4.57. The number of nitrogens with one attached hydrogen (secondary N) is 3. The molecule has 0 bridgehead atoms. The SMILES string of the molecule is O=C(NCc1cccnc1OC1CCCC1)NNC(=O)c1ccc(Br)s1. The van der Waals surface area contributed by atoms with Crippen LogP contribution < -0.4 is 20.9 Å². The molecule has 3 N–H and O–H groups in total. The summed E-state index contributed by atoms with van der Waals surface area (Å²) < 4.78 is 6.79. The van der Waals surface area contributed by atoms with E-state index >= 15 is 0 Å². The largest absolute Gasteiger partial charge is 0.474 e. The highest BCUT2D eigenvalue weighted by molar-refractivity contribution is 9.11. The van der Waals surface area contributed by atoms with Gasteiger partial charge in [0.1, 0.15) is 6.10 Å². The third-order valence-corrected chi connectivity index (χ3v) is 5.58. The van der Waals surface area contributed by atoms with Gasteiger partial charge >= 0.3 is 6.03 Å². The summed E-state index contributed by atoms with van der Waals surface area (Å²) in [6, 6.07) is 6.59. The van der Waals surface area contributed by atoms with Crippen LogP contribution in [-0.4, -0.2) is 23.0 Å². The topological polar surface area (TPSA) is 92.3 Å². The van der Waals surface area contributed by atoms with Crippen molar-refractivity contribution in [2.45, 2.75) is 38.3 Å². The molecule has 7 nitrogen and oxygen atoms in total. The molecule has 0 saturated heterocycles. The fraction of sp³-hybridized carbons (Fsp3) is 0.353. The predicted octanol–water partition coefficient (Wildman–Crippen LogP) is 3.37. The van der Waals surface area contributed by atoms with Crippen molar-refractivity contribution in [2.75, 3.05) is 0 Å². The van der Waals surface area contributed by atoms with Crippen LogP contribution in [0.15, 0.2) is 34.2 Å². The van der Waals surface area contributed by atoms with Gasteiger partial charge in [-0.1, -0.05) is 6.07 Å². The zero-order valence-electron chi connectivity index (χ0n) is 14.0. The highest BCUT2D eigenvalue weighted by Gasteiger charge is 2.18. The van der Waals surface area contributed by atoms with Crippen LogP contribution in [0.1, 0.15) is 40.9 Å². The van der Waals surface area contributed by atoms with Crippen molar-refractivity contribution >= 4 is 39.2 Å². The number of thiophene rings is 1. The van der Waals surface area contributed by atoms with Gasteiger partial charge in [-0.15, -0.1) is 11.3 Å². The summed E-state index contributed by atoms with van der Waals surface area (Å²) in [7, 11) is 0. The lowest BCUT2D eigenvalue weighted by molar-refractivity contribution is 0.0940. The molecular weight excluding hydrogens is 420 g/mol. The number of amides is 3. The summed E-state index contributed by atoms with van der Waals surface area (Å²) in [4.78, 5) is 28.6. The number of halogens is 1. The smallest absolute Gasteiger partial charge is 0.333 e. The number of pyridine rings is 1. The van der Waals surface area contributed by atoms with E-state index in [4.69, 9.17) is 4.74 Å². The molecule has 0 radical (unpaired) electrons. The molecule has 0 spiro atoms. The molecule has 0 unspecified atom stereocenters. The Kier molecular flexibility index (Phi) is 6.45. The maximum atomic E-state index is 11.9. The number of hydrazine groups is 1. The number of ether oxygens (including phenoxy) is 1. The predicted molar refractivity (Wildman–Crippen MR) is 102 cm³/mol. The molecule has 1 aliphatic carbocycles. The second-order valence-electron chi connectivity index (χ2n) is 5.86. The molecular formula is C17H19BrN4O3S. The van der Waals surface area contributed by atoms with Crippen molar-refractivity contribution in [2.24, 2.45) is 0 Å². The maximum Gasteiger partial charge on any atom is 0.333 e. The minimum Gasteiger partial charge on any atom is -0.474 e. The van der Waals surface area contributed by atoms with Gasteiger partial charge < -0.3 is 10.1 Å². The molecule has 3 rings (SSSR count). The van der Waals surface area contributed by atoms with Crippen LogP contribution in [0, 0.1) is 0 Å². The zero-order chi connectivity index (χ0) is 18.4. The molecule has 2 heterocycles. The van der Waals surface area contributed by atoms with Crippen molar-refractivity contribution in [3.8, 4) is 5.88 Å². The maximum absolute atomic E-state index is 11.9. The lowest BCUT2D eigenvalue weighted by Gasteiger charge is -2.15. The van der Waals surface area contributed by atoms with E-state index in [9.17, 15) is 9.59 Å². The van der Waals surface area contributed by atoms with E-state index in [2.05, 4.69) is 37.1 Å². The molecule has 1 saturated carbocycles. The molecule has 2 aromatic heterocycles. The Morgan fingerprint density at radius 2 is 2.04 bits per heavy atom. The van der Waals surface area contributed by atoms with E-state index in [0.717, 1.165) is 22.2 Å². The van der Waals surface area contributed by atoms with Crippen molar-refractivity contribution in [1.29, 1.82) is 0 Å². The van der Waals surface area contributed by atoms with Crippen LogP contribution in [0.2, 0.25) is 0 Å². The summed E-state index contributed by atoms with van der Waals surface area (Å²) in [6.45, 7) is 0.252. The van der Waals surface area contributed by atoms with Crippen molar-refractivity contribution in [3.05, 3.63) is 44.7 Å². The number of hydrogen-bond donors (Lipinski definition) is 3. The summed E-state index contributed by atoms with van der Waals surface area (Å²) in [5.74, 6) is 0.176. The van der Waals surface area contributed by atoms with E-state index in [1.807, 2.05) is 6.07 Å². The summed E-state index contributed by atoms with van der Waals surface area (Å²) in [5.41, 5.74) is 5.49. The highest BCUT2D eigenvalue weighted by atomic mass is 79.9. The van der Waals surface area contributed by atoms with Crippen molar-refractivity contribution < 1.29 is 14.3 Å². The Hall–Kier alpha value is -2.13. The minimum absolute atomic E-state index is 0.196. The lowest BCUT2D eigenvalue weighted by Crippen LogP contribution is -2.46. The van der Waals surface area contributed by atoms with E-state index in [1.165, 1.54) is 24.2 Å². The Morgan fingerprint density at radius 3 is 2.77 bits per heavy atom. The number of hydrogen-bond acceptors (Lipinski definition) is 5. The monoisotopic (exact) mass is 438 g/mol. The molecule has 0 atom stereocenters. The normalized spacial score (nSPS) is 14.0. The Balaban J connectivity index is 1.47. The fourth-order valence-corrected chi connectivity index (χ4v) is 3.94. The third-order valence-electron chi connectivity index (χ3n) is 3.96. The Bertz CT molecular complexity index is 777. The van der Waals surface area contributed by atoms with Crippen LogP contribution in [0.3, 0.4) is 0 Å². The van der Waals surface area contributed by atoms with Crippen LogP contribution in [-0.2, 0) is 6.54 Å². The van der Waals surface area contributed by atoms with Gasteiger partial charge in [-0.2, -0.15) is 0 Å². The second-order valence-corrected chi connectivity index (χ2v) is 8.32. The van der Waals surface area contributed by atoms with Crippen LogP contribution in [0.25, 0.3) is 0 Å². The van der Waals surface area contributed by atoms with Gasteiger partial charge in [0, 0.05) is 18.3 Å². The van der Waals surface area contributed by atoms with Crippen molar-refractivity contribution in [1.82, 2.24) is 21.2 Å². The number of carbonyl (C=O) groups excluding carboxylic acids is 2. The molecule has 0 aromatic carbocycles. The quantitative estimate of drug-likeness (QED) is 0.623. The van der Waals surface area contributed by atoms with Crippen molar-refractivity contribution in [3.63, 3.8) is 0 Å². The Morgan fingerprint density at radius 1 is 1.23 bits per heavy atom. The number of aromatic nitrogens is 1. The molecule has 138 valence electrons. The molecule has 9 heteroatoms. The van der Waals surface area contributed by atoms with Gasteiger partial charge in [0.2, 0.25) is 5.88 Å². The summed E-state index contributed by atoms with van der Waals surface area (Å²) in [5, 5.41) is 2.69. The van der Waals surface area contributed by atoms with Gasteiger partial charge in [-0.05, 0) is 59.8 Å². The number of urea groups is 1. The van der Waals surface area contributed by atoms with E-state index in [1.54, 1.807) is 24.4 Å². The Labute approximate surface area is 163 Å². The van der Waals surface area contributed by atoms with E-state index < -0.39 is 6.03 Å². The number of rotatable bonds is 5. The molecule has 0 aliphatic heterocycles. The zero-order valence-corrected chi connectivity index (χ0v) is 16.4. The third kappa shape index (κ3) is 5.18. The molecule has 1 aliphatic rings. The van der Waals surface area contributed by atoms with Gasteiger partial charge in [-0.3, -0.25) is 10.2 Å². The minimum atomic E-state index is -0.510. The molecule has 26 heavy (non-hydrogen) atoms. The average Bonchev–Trinajstić information content (AvgIpc) is 3.30. The van der Waals surface area contributed by atoms with E-state index in [-0.39, 0.29) is 18.6 Å². The van der Waals surface area contributed by atoms with Crippen LogP contribution >= 0.6 is 27.3 Å². The second kappa shape index (κ2) is 9.00. The summed E-state index contributed by atoms with van der Waals surface area (Å²) in [6.07, 6.45) is 6.29. The number of nitrogens with zero attached hydrogens (tertiary/aromatic N) is 1. The van der Waals surface area contributed by atoms with Gasteiger partial charge in [0.05, 0.1) is 8.66 Å². The fourth-order valence-electron chi connectivity index (χ4n) is 2.66. The highest BCUT2D eigenvalue weighted by Crippen LogP contribution is 2.25. The van der Waals surface area contributed by atoms with Gasteiger partial charge in [-0.25, -0.2) is 15.2 Å². The lowest BCUT2D eigenvalue weighted by atomic mass is 10.2.